The van der Waals surface area contributed by atoms with Crippen molar-refractivity contribution in [2.24, 2.45) is 5.41 Å². The Hall–Kier alpha value is -1.45. The van der Waals surface area contributed by atoms with E-state index < -0.39 is 17.3 Å². The Labute approximate surface area is 140 Å². The van der Waals surface area contributed by atoms with E-state index in [-0.39, 0.29) is 16.4 Å². The molecule has 1 saturated carbocycles. The van der Waals surface area contributed by atoms with Crippen molar-refractivity contribution in [1.82, 2.24) is 0 Å². The van der Waals surface area contributed by atoms with E-state index >= 15 is 0 Å². The van der Waals surface area contributed by atoms with E-state index in [1.165, 1.54) is 12.1 Å². The van der Waals surface area contributed by atoms with Crippen molar-refractivity contribution in [2.45, 2.75) is 45.6 Å². The Balaban J connectivity index is 2.11. The van der Waals surface area contributed by atoms with Crippen molar-refractivity contribution in [3.63, 3.8) is 0 Å². The number of allylic oxidation sites excluding steroid dienone is 2. The Bertz CT molecular complexity index is 715. The van der Waals surface area contributed by atoms with Crippen molar-refractivity contribution in [2.75, 3.05) is 0 Å². The zero-order chi connectivity index (χ0) is 16.8. The predicted octanol–water partition coefficient (Wildman–Crippen LogP) is 4.70. The quantitative estimate of drug-likeness (QED) is 0.756. The highest BCUT2D eigenvalue weighted by molar-refractivity contribution is 6.32. The standard InChI is InChI=1S/C19H20ClFO2/c1-11-14-5-3-8-17(22)19(14,2)10-12(18(11)23)9-13-15(20)6-4-7-16(13)21/h4,6-7,9,17,22H,3,5,8,10H2,1-2H3/b12-9+/t17-,19-/m0/s1. The van der Waals surface area contributed by atoms with E-state index in [4.69, 9.17) is 11.6 Å². The molecule has 3 rings (SSSR count). The summed E-state index contributed by atoms with van der Waals surface area (Å²) >= 11 is 6.08. The van der Waals surface area contributed by atoms with Crippen LogP contribution in [0.25, 0.3) is 6.08 Å². The number of rotatable bonds is 1. The summed E-state index contributed by atoms with van der Waals surface area (Å²) in [6.07, 6.45) is 3.97. The van der Waals surface area contributed by atoms with Crippen LogP contribution in [-0.4, -0.2) is 17.0 Å². The van der Waals surface area contributed by atoms with Crippen molar-refractivity contribution in [1.29, 1.82) is 0 Å². The van der Waals surface area contributed by atoms with Crippen molar-refractivity contribution in [3.8, 4) is 0 Å². The number of halogens is 2. The number of ketones is 1. The number of hydrogen-bond acceptors (Lipinski definition) is 2. The summed E-state index contributed by atoms with van der Waals surface area (Å²) in [7, 11) is 0. The highest BCUT2D eigenvalue weighted by Gasteiger charge is 2.45. The van der Waals surface area contributed by atoms with Gasteiger partial charge in [0.05, 0.1) is 11.1 Å². The van der Waals surface area contributed by atoms with Crippen LogP contribution in [0.5, 0.6) is 0 Å². The summed E-state index contributed by atoms with van der Waals surface area (Å²) in [5.74, 6) is -0.509. The summed E-state index contributed by atoms with van der Waals surface area (Å²) in [5, 5.41) is 10.8. The molecule has 0 aromatic heterocycles. The van der Waals surface area contributed by atoms with Crippen LogP contribution in [0, 0.1) is 11.2 Å². The minimum absolute atomic E-state index is 0.0640. The SMILES string of the molecule is CC1=C2CCC[C@H](O)[C@@]2(C)C/C(=C\c2c(F)cccc2Cl)C1=O. The third kappa shape index (κ3) is 2.66. The molecule has 0 saturated heterocycles. The van der Waals surface area contributed by atoms with Crippen LogP contribution in [0.15, 0.2) is 34.9 Å². The molecule has 2 aliphatic carbocycles. The van der Waals surface area contributed by atoms with Gasteiger partial charge in [0.1, 0.15) is 5.82 Å². The number of benzene rings is 1. The zero-order valence-electron chi connectivity index (χ0n) is 13.3. The molecule has 2 nitrogen and oxygen atoms in total. The van der Waals surface area contributed by atoms with Crippen molar-refractivity contribution < 1.29 is 14.3 Å². The van der Waals surface area contributed by atoms with Crippen molar-refractivity contribution in [3.05, 3.63) is 51.3 Å². The molecule has 1 aromatic carbocycles. The van der Waals surface area contributed by atoms with Crippen LogP contribution < -0.4 is 0 Å². The van der Waals surface area contributed by atoms with Crippen LogP contribution in [0.2, 0.25) is 5.02 Å². The second-order valence-corrected chi connectivity index (χ2v) is 7.15. The lowest BCUT2D eigenvalue weighted by Gasteiger charge is -2.45. The topological polar surface area (TPSA) is 37.3 Å². The fourth-order valence-corrected chi connectivity index (χ4v) is 4.13. The maximum Gasteiger partial charge on any atom is 0.184 e. The van der Waals surface area contributed by atoms with Gasteiger partial charge in [0.15, 0.2) is 5.78 Å². The third-order valence-electron chi connectivity index (χ3n) is 5.29. The lowest BCUT2D eigenvalue weighted by molar-refractivity contribution is -0.113. The lowest BCUT2D eigenvalue weighted by Crippen LogP contribution is -2.42. The number of aliphatic hydroxyl groups is 1. The van der Waals surface area contributed by atoms with Gasteiger partial charge in [-0.2, -0.15) is 0 Å². The molecule has 1 aromatic rings. The maximum atomic E-state index is 14.0. The Morgan fingerprint density at radius 3 is 2.87 bits per heavy atom. The second kappa shape index (κ2) is 5.88. The highest BCUT2D eigenvalue weighted by Crippen LogP contribution is 2.50. The van der Waals surface area contributed by atoms with Gasteiger partial charge in [-0.1, -0.05) is 30.2 Å². The molecule has 0 aliphatic heterocycles. The molecule has 1 N–H and O–H groups in total. The minimum Gasteiger partial charge on any atom is -0.392 e. The monoisotopic (exact) mass is 334 g/mol. The van der Waals surface area contributed by atoms with E-state index in [1.54, 1.807) is 12.1 Å². The Morgan fingerprint density at radius 1 is 1.43 bits per heavy atom. The minimum atomic E-state index is -0.478. The first-order valence-corrected chi connectivity index (χ1v) is 8.30. The summed E-state index contributed by atoms with van der Waals surface area (Å²) in [6, 6.07) is 4.48. The van der Waals surface area contributed by atoms with Gasteiger partial charge in [-0.25, -0.2) is 4.39 Å². The van der Waals surface area contributed by atoms with Crippen LogP contribution >= 0.6 is 11.6 Å². The van der Waals surface area contributed by atoms with Gasteiger partial charge in [-0.3, -0.25) is 4.79 Å². The molecular weight excluding hydrogens is 315 g/mol. The second-order valence-electron chi connectivity index (χ2n) is 6.74. The van der Waals surface area contributed by atoms with Gasteiger partial charge in [-0.15, -0.1) is 0 Å². The molecule has 2 atom stereocenters. The van der Waals surface area contributed by atoms with E-state index in [9.17, 15) is 14.3 Å². The first-order valence-electron chi connectivity index (χ1n) is 7.92. The smallest absolute Gasteiger partial charge is 0.184 e. The number of Topliss-reactive ketones (excluding diaryl/α,β-unsaturated/α-hetero) is 1. The Morgan fingerprint density at radius 2 is 2.17 bits per heavy atom. The molecule has 23 heavy (non-hydrogen) atoms. The average Bonchev–Trinajstić information content (AvgIpc) is 2.50. The highest BCUT2D eigenvalue weighted by atomic mass is 35.5. The van der Waals surface area contributed by atoms with E-state index in [0.717, 1.165) is 24.8 Å². The molecule has 0 unspecified atom stereocenters. The molecule has 122 valence electrons. The summed E-state index contributed by atoms with van der Waals surface area (Å²) in [4.78, 5) is 12.7. The number of carbonyl (C=O) groups is 1. The number of fused-ring (bicyclic) bond motifs is 1. The largest absolute Gasteiger partial charge is 0.392 e. The third-order valence-corrected chi connectivity index (χ3v) is 5.62. The van der Waals surface area contributed by atoms with Gasteiger partial charge in [-0.05, 0) is 56.4 Å². The van der Waals surface area contributed by atoms with E-state index in [0.29, 0.717) is 17.6 Å². The molecule has 0 radical (unpaired) electrons. The molecule has 1 fully saturated rings. The molecule has 0 heterocycles. The van der Waals surface area contributed by atoms with Gasteiger partial charge >= 0.3 is 0 Å². The summed E-state index contributed by atoms with van der Waals surface area (Å²) < 4.78 is 14.0. The molecule has 4 heteroatoms. The fraction of sp³-hybridized carbons (Fsp3) is 0.421. The molecule has 0 spiro atoms. The Kier molecular flexibility index (Phi) is 4.19. The first-order chi connectivity index (χ1) is 10.8. The number of carbonyl (C=O) groups excluding carboxylic acids is 1. The zero-order valence-corrected chi connectivity index (χ0v) is 14.1. The summed E-state index contributed by atoms with van der Waals surface area (Å²) in [6.45, 7) is 3.81. The van der Waals surface area contributed by atoms with Gasteiger partial charge in [0.2, 0.25) is 0 Å². The van der Waals surface area contributed by atoms with E-state index in [1.807, 2.05) is 13.8 Å². The van der Waals surface area contributed by atoms with Gasteiger partial charge < -0.3 is 5.11 Å². The average molecular weight is 335 g/mol. The fourth-order valence-electron chi connectivity index (χ4n) is 3.91. The summed E-state index contributed by atoms with van der Waals surface area (Å²) in [5.41, 5.74) is 2.05. The molecule has 2 aliphatic rings. The van der Waals surface area contributed by atoms with E-state index in [2.05, 4.69) is 0 Å². The first kappa shape index (κ1) is 16.4. The van der Waals surface area contributed by atoms with Crippen LogP contribution in [0.1, 0.15) is 45.1 Å². The van der Waals surface area contributed by atoms with Crippen LogP contribution in [0.3, 0.4) is 0 Å². The molecule has 0 bridgehead atoms. The van der Waals surface area contributed by atoms with Crippen LogP contribution in [-0.2, 0) is 4.79 Å². The normalized spacial score (nSPS) is 29.9. The predicted molar refractivity (Wildman–Crippen MR) is 89.7 cm³/mol. The van der Waals surface area contributed by atoms with Gasteiger partial charge in [0, 0.05) is 16.6 Å². The van der Waals surface area contributed by atoms with Crippen molar-refractivity contribution >= 4 is 23.5 Å². The number of hydrogen-bond donors (Lipinski definition) is 1. The maximum absolute atomic E-state index is 14.0. The lowest BCUT2D eigenvalue weighted by atomic mass is 9.61. The number of aliphatic hydroxyl groups excluding tert-OH is 1. The van der Waals surface area contributed by atoms with Gasteiger partial charge in [0.25, 0.3) is 0 Å². The van der Waals surface area contributed by atoms with Crippen LogP contribution in [0.4, 0.5) is 4.39 Å². The molecular formula is C19H20ClFO2. The molecule has 0 amide bonds.